The maximum absolute atomic E-state index is 12.7. The van der Waals surface area contributed by atoms with Crippen LogP contribution in [0.15, 0.2) is 48.5 Å². The number of halogens is 1. The van der Waals surface area contributed by atoms with Gasteiger partial charge in [-0.1, -0.05) is 34.2 Å². The Labute approximate surface area is 121 Å². The lowest BCUT2D eigenvalue weighted by atomic mass is 10.0. The smallest absolute Gasteiger partial charge is 0.488 e. The third-order valence-electron chi connectivity index (χ3n) is 2.66. The van der Waals surface area contributed by atoms with Crippen LogP contribution in [0.25, 0.3) is 0 Å². The van der Waals surface area contributed by atoms with Crippen molar-refractivity contribution in [3.8, 4) is 11.5 Å². The van der Waals surface area contributed by atoms with Crippen LogP contribution < -0.4 is 8.92 Å². The number of ether oxygens (including phenoxy) is 1. The fraction of sp³-hybridized carbons (Fsp3) is 0.0714. The number of carbonyl (C=O) groups excluding carboxylic acids is 1. The predicted octanol–water partition coefficient (Wildman–Crippen LogP) is 2.52. The number of hydrogen-bond donors (Lipinski definition) is 0. The maximum Gasteiger partial charge on any atom is 0.488 e. The zero-order valence-electron chi connectivity index (χ0n) is 10.9. The normalized spacial score (nSPS) is 11.0. The van der Waals surface area contributed by atoms with Crippen LogP contribution >= 0.6 is 0 Å². The summed E-state index contributed by atoms with van der Waals surface area (Å²) in [6.07, 6.45) is 0. The first kappa shape index (κ1) is 15.0. The Morgan fingerprint density at radius 1 is 1.10 bits per heavy atom. The van der Waals surface area contributed by atoms with Crippen molar-refractivity contribution in [2.75, 3.05) is 7.11 Å². The molecule has 0 radical (unpaired) electrons. The predicted molar refractivity (Wildman–Crippen MR) is 73.5 cm³/mol. The lowest BCUT2D eigenvalue weighted by Gasteiger charge is -2.09. The summed E-state index contributed by atoms with van der Waals surface area (Å²) >= 11 is 0. The van der Waals surface area contributed by atoms with Crippen LogP contribution in [-0.2, 0) is 10.5 Å². The minimum Gasteiger partial charge on any atom is -0.497 e. The van der Waals surface area contributed by atoms with Gasteiger partial charge in [-0.05, 0) is 18.2 Å². The van der Waals surface area contributed by atoms with Gasteiger partial charge in [0.2, 0.25) is 0 Å². The zero-order valence-corrected chi connectivity index (χ0v) is 11.8. The molecule has 2 aromatic carbocycles. The Morgan fingerprint density at radius 3 is 2.33 bits per heavy atom. The monoisotopic (exact) mass is 310 g/mol. The fourth-order valence-corrected chi connectivity index (χ4v) is 2.10. The van der Waals surface area contributed by atoms with Crippen molar-refractivity contribution >= 4 is 16.3 Å². The van der Waals surface area contributed by atoms with E-state index in [1.165, 1.54) is 19.2 Å². The van der Waals surface area contributed by atoms with Crippen molar-refractivity contribution in [2.24, 2.45) is 0 Å². The van der Waals surface area contributed by atoms with E-state index in [0.717, 1.165) is 6.07 Å². The maximum atomic E-state index is 12.7. The van der Waals surface area contributed by atoms with Gasteiger partial charge in [-0.15, -0.1) is 0 Å². The fourth-order valence-electron chi connectivity index (χ4n) is 1.74. The molecule has 0 aliphatic heterocycles. The van der Waals surface area contributed by atoms with Crippen molar-refractivity contribution in [3.05, 3.63) is 59.7 Å². The van der Waals surface area contributed by atoms with E-state index in [-0.39, 0.29) is 5.56 Å². The molecule has 0 aliphatic rings. The Kier molecular flexibility index (Phi) is 4.23. The van der Waals surface area contributed by atoms with Gasteiger partial charge in [0, 0.05) is 5.56 Å². The second-order valence-corrected chi connectivity index (χ2v) is 4.99. The van der Waals surface area contributed by atoms with Crippen LogP contribution in [-0.4, -0.2) is 21.3 Å². The summed E-state index contributed by atoms with van der Waals surface area (Å²) in [6, 6.07) is 11.9. The van der Waals surface area contributed by atoms with Gasteiger partial charge in [-0.3, -0.25) is 4.79 Å². The summed E-state index contributed by atoms with van der Waals surface area (Å²) in [5, 5.41) is 0. The summed E-state index contributed by atoms with van der Waals surface area (Å²) < 4.78 is 43.2. The Hall–Kier alpha value is -2.41. The Morgan fingerprint density at radius 2 is 1.76 bits per heavy atom. The molecule has 0 spiro atoms. The first-order valence-corrected chi connectivity index (χ1v) is 7.13. The number of rotatable bonds is 5. The highest BCUT2D eigenvalue weighted by molar-refractivity contribution is 7.81. The highest BCUT2D eigenvalue weighted by Gasteiger charge is 2.20. The average Bonchev–Trinajstić information content (AvgIpc) is 2.46. The Balaban J connectivity index is 2.51. The number of benzene rings is 2. The first-order valence-electron chi connectivity index (χ1n) is 5.82. The number of carbonyl (C=O) groups is 1. The summed E-state index contributed by atoms with van der Waals surface area (Å²) in [6.45, 7) is 0. The quantitative estimate of drug-likeness (QED) is 0.627. The van der Waals surface area contributed by atoms with Crippen molar-refractivity contribution in [2.45, 2.75) is 0 Å². The molecule has 0 amide bonds. The molecule has 0 unspecified atom stereocenters. The second-order valence-electron chi connectivity index (χ2n) is 4.03. The molecule has 0 bridgehead atoms. The topological polar surface area (TPSA) is 69.7 Å². The van der Waals surface area contributed by atoms with Crippen LogP contribution in [0.4, 0.5) is 3.89 Å². The van der Waals surface area contributed by atoms with E-state index in [1.54, 1.807) is 30.3 Å². The molecule has 2 aromatic rings. The molecule has 0 saturated heterocycles. The van der Waals surface area contributed by atoms with Crippen LogP contribution in [0.1, 0.15) is 15.9 Å². The van der Waals surface area contributed by atoms with E-state index >= 15 is 0 Å². The van der Waals surface area contributed by atoms with Crippen molar-refractivity contribution in [3.63, 3.8) is 0 Å². The molecular formula is C14H11FO5S. The highest BCUT2D eigenvalue weighted by Crippen LogP contribution is 2.28. The zero-order chi connectivity index (χ0) is 15.5. The molecule has 5 nitrogen and oxygen atoms in total. The average molecular weight is 310 g/mol. The lowest BCUT2D eigenvalue weighted by Crippen LogP contribution is -2.08. The van der Waals surface area contributed by atoms with E-state index in [2.05, 4.69) is 4.18 Å². The van der Waals surface area contributed by atoms with Gasteiger partial charge in [0.15, 0.2) is 11.5 Å². The standard InChI is InChI=1S/C14H11FO5S/c1-19-11-7-8-13(20-21(15,17)18)12(9-11)14(16)10-5-3-2-4-6-10/h2-9H,1H3. The van der Waals surface area contributed by atoms with Crippen molar-refractivity contribution in [1.82, 2.24) is 0 Å². The number of hydrogen-bond acceptors (Lipinski definition) is 5. The first-order chi connectivity index (χ1) is 9.90. The van der Waals surface area contributed by atoms with Crippen LogP contribution in [0, 0.1) is 0 Å². The molecule has 0 aliphatic carbocycles. The highest BCUT2D eigenvalue weighted by atomic mass is 32.3. The molecule has 0 saturated carbocycles. The minimum absolute atomic E-state index is 0.109. The molecule has 0 atom stereocenters. The summed E-state index contributed by atoms with van der Waals surface area (Å²) in [5.74, 6) is -0.585. The summed E-state index contributed by atoms with van der Waals surface area (Å²) in [4.78, 5) is 12.4. The van der Waals surface area contributed by atoms with E-state index in [1.807, 2.05) is 0 Å². The second kappa shape index (κ2) is 5.92. The molecule has 0 aromatic heterocycles. The van der Waals surface area contributed by atoms with E-state index in [4.69, 9.17) is 4.74 Å². The van der Waals surface area contributed by atoms with Gasteiger partial charge < -0.3 is 8.92 Å². The SMILES string of the molecule is COc1ccc(OS(=O)(=O)F)c(C(=O)c2ccccc2)c1. The van der Waals surface area contributed by atoms with Gasteiger partial charge in [0.05, 0.1) is 12.7 Å². The molecule has 2 rings (SSSR count). The molecular weight excluding hydrogens is 299 g/mol. The summed E-state index contributed by atoms with van der Waals surface area (Å²) in [7, 11) is -3.84. The van der Waals surface area contributed by atoms with Gasteiger partial charge in [0.1, 0.15) is 5.75 Å². The van der Waals surface area contributed by atoms with Gasteiger partial charge >= 0.3 is 10.5 Å². The molecule has 0 N–H and O–H groups in total. The van der Waals surface area contributed by atoms with E-state index in [0.29, 0.717) is 11.3 Å². The molecule has 7 heteroatoms. The number of methoxy groups -OCH3 is 1. The molecule has 0 fully saturated rings. The minimum atomic E-state index is -5.23. The third kappa shape index (κ3) is 3.79. The van der Waals surface area contributed by atoms with E-state index in [9.17, 15) is 17.1 Å². The van der Waals surface area contributed by atoms with Gasteiger partial charge in [-0.25, -0.2) is 0 Å². The van der Waals surface area contributed by atoms with E-state index < -0.39 is 22.0 Å². The van der Waals surface area contributed by atoms with Crippen molar-refractivity contribution in [1.29, 1.82) is 0 Å². The van der Waals surface area contributed by atoms with Gasteiger partial charge in [0.25, 0.3) is 0 Å². The number of ketones is 1. The Bertz CT molecular complexity index is 756. The van der Waals surface area contributed by atoms with Crippen LogP contribution in [0.3, 0.4) is 0 Å². The largest absolute Gasteiger partial charge is 0.497 e. The molecule has 110 valence electrons. The van der Waals surface area contributed by atoms with Gasteiger partial charge in [-0.2, -0.15) is 8.42 Å². The molecule has 0 heterocycles. The van der Waals surface area contributed by atoms with Crippen molar-refractivity contribution < 1.29 is 26.0 Å². The van der Waals surface area contributed by atoms with Crippen LogP contribution in [0.5, 0.6) is 11.5 Å². The third-order valence-corrected chi connectivity index (χ3v) is 3.04. The lowest BCUT2D eigenvalue weighted by molar-refractivity contribution is 0.103. The molecule has 21 heavy (non-hydrogen) atoms. The van der Waals surface area contributed by atoms with Crippen LogP contribution in [0.2, 0.25) is 0 Å². The summed E-state index contributed by atoms with van der Waals surface area (Å²) in [5.41, 5.74) is 0.202.